The Balaban J connectivity index is 1.54. The van der Waals surface area contributed by atoms with Gasteiger partial charge in [0.15, 0.2) is 0 Å². The van der Waals surface area contributed by atoms with Crippen molar-refractivity contribution in [3.05, 3.63) is 70.6 Å². The summed E-state index contributed by atoms with van der Waals surface area (Å²) in [7, 11) is 1.81. The third-order valence-corrected chi connectivity index (χ3v) is 6.29. The maximum absolute atomic E-state index is 14.2. The Morgan fingerprint density at radius 3 is 2.50 bits per heavy atom. The number of imide groups is 1. The van der Waals surface area contributed by atoms with E-state index in [-0.39, 0.29) is 28.4 Å². The molecule has 32 heavy (non-hydrogen) atoms. The van der Waals surface area contributed by atoms with Crippen LogP contribution in [0.25, 0.3) is 0 Å². The first-order chi connectivity index (χ1) is 15.4. The lowest BCUT2D eigenvalue weighted by molar-refractivity contribution is -0.120. The second-order valence-corrected chi connectivity index (χ2v) is 8.38. The number of amides is 3. The van der Waals surface area contributed by atoms with Gasteiger partial charge in [0.25, 0.3) is 17.7 Å². The number of benzene rings is 2. The lowest BCUT2D eigenvalue weighted by atomic mass is 9.94. The van der Waals surface area contributed by atoms with Crippen molar-refractivity contribution < 1.29 is 18.8 Å². The summed E-state index contributed by atoms with van der Waals surface area (Å²) in [4.78, 5) is 40.9. The van der Waals surface area contributed by atoms with Gasteiger partial charge < -0.3 is 10.2 Å². The van der Waals surface area contributed by atoms with Crippen LogP contribution in [0.3, 0.4) is 0 Å². The predicted octanol–water partition coefficient (Wildman–Crippen LogP) is 4.67. The Morgan fingerprint density at radius 2 is 1.78 bits per heavy atom. The quantitative estimate of drug-likeness (QED) is 0.665. The van der Waals surface area contributed by atoms with Crippen LogP contribution in [0.4, 0.5) is 15.8 Å². The number of para-hydroxylation sites is 1. The van der Waals surface area contributed by atoms with Gasteiger partial charge in [0.2, 0.25) is 0 Å². The monoisotopic (exact) mass is 455 g/mol. The minimum atomic E-state index is -0.812. The Labute approximate surface area is 190 Å². The van der Waals surface area contributed by atoms with Crippen LogP contribution >= 0.6 is 11.6 Å². The molecule has 1 aliphatic heterocycles. The SMILES string of the molecule is CN(C(=O)c1cccc(NC2=C(Cl)C(=O)N(c3ccccc3F)C2=O)c1)C1CCCCC1. The molecule has 1 saturated carbocycles. The van der Waals surface area contributed by atoms with E-state index in [1.807, 2.05) is 7.05 Å². The van der Waals surface area contributed by atoms with Gasteiger partial charge >= 0.3 is 0 Å². The molecule has 0 unspecified atom stereocenters. The molecule has 2 aromatic carbocycles. The van der Waals surface area contributed by atoms with Crippen molar-refractivity contribution in [3.63, 3.8) is 0 Å². The number of nitrogens with one attached hydrogen (secondary N) is 1. The summed E-state index contributed by atoms with van der Waals surface area (Å²) >= 11 is 6.13. The van der Waals surface area contributed by atoms with Crippen LogP contribution in [0.1, 0.15) is 42.5 Å². The zero-order valence-electron chi connectivity index (χ0n) is 17.6. The first kappa shape index (κ1) is 22.0. The second kappa shape index (κ2) is 9.12. The summed E-state index contributed by atoms with van der Waals surface area (Å²) < 4.78 is 14.2. The maximum atomic E-state index is 14.2. The molecular formula is C24H23ClFN3O3. The molecule has 8 heteroatoms. The van der Waals surface area contributed by atoms with E-state index >= 15 is 0 Å². The zero-order valence-corrected chi connectivity index (χ0v) is 18.4. The molecule has 0 aromatic heterocycles. The fourth-order valence-corrected chi connectivity index (χ4v) is 4.39. The lowest BCUT2D eigenvalue weighted by Gasteiger charge is -2.31. The average Bonchev–Trinajstić information content (AvgIpc) is 3.02. The lowest BCUT2D eigenvalue weighted by Crippen LogP contribution is -2.38. The van der Waals surface area contributed by atoms with Gasteiger partial charge in [0.1, 0.15) is 16.5 Å². The smallest absolute Gasteiger partial charge is 0.283 e. The summed E-state index contributed by atoms with van der Waals surface area (Å²) in [5.41, 5.74) is 0.556. The molecule has 2 aliphatic rings. The predicted molar refractivity (Wildman–Crippen MR) is 121 cm³/mol. The molecule has 3 amide bonds. The van der Waals surface area contributed by atoms with Crippen molar-refractivity contribution in [1.82, 2.24) is 4.90 Å². The van der Waals surface area contributed by atoms with Gasteiger partial charge in [-0.1, -0.05) is 49.1 Å². The third-order valence-electron chi connectivity index (χ3n) is 5.94. The number of carbonyl (C=O) groups excluding carboxylic acids is 3. The Kier molecular flexibility index (Phi) is 6.28. The Hall–Kier alpha value is -3.19. The van der Waals surface area contributed by atoms with Gasteiger partial charge in [-0.05, 0) is 43.2 Å². The summed E-state index contributed by atoms with van der Waals surface area (Å²) in [5, 5.41) is 2.51. The summed E-state index contributed by atoms with van der Waals surface area (Å²) in [6.45, 7) is 0. The van der Waals surface area contributed by atoms with Crippen LogP contribution in [0, 0.1) is 5.82 Å². The summed E-state index contributed by atoms with van der Waals surface area (Å²) in [6, 6.07) is 12.4. The molecule has 166 valence electrons. The minimum Gasteiger partial charge on any atom is -0.350 e. The molecule has 0 bridgehead atoms. The molecule has 1 heterocycles. The first-order valence-electron chi connectivity index (χ1n) is 10.6. The summed E-state index contributed by atoms with van der Waals surface area (Å²) in [5.74, 6) is -2.39. The van der Waals surface area contributed by atoms with Gasteiger partial charge in [-0.3, -0.25) is 14.4 Å². The van der Waals surface area contributed by atoms with E-state index in [2.05, 4.69) is 5.32 Å². The second-order valence-electron chi connectivity index (χ2n) is 8.00. The molecule has 6 nitrogen and oxygen atoms in total. The van der Waals surface area contributed by atoms with Crippen LogP contribution in [-0.2, 0) is 9.59 Å². The van der Waals surface area contributed by atoms with Gasteiger partial charge in [0, 0.05) is 24.3 Å². The first-order valence-corrected chi connectivity index (χ1v) is 10.9. The van der Waals surface area contributed by atoms with Crippen molar-refractivity contribution in [2.75, 3.05) is 17.3 Å². The van der Waals surface area contributed by atoms with Crippen LogP contribution < -0.4 is 10.2 Å². The average molecular weight is 456 g/mol. The molecule has 0 radical (unpaired) electrons. The molecular weight excluding hydrogens is 433 g/mol. The Morgan fingerprint density at radius 1 is 1.06 bits per heavy atom. The molecule has 4 rings (SSSR count). The van der Waals surface area contributed by atoms with Crippen LogP contribution in [0.15, 0.2) is 59.3 Å². The highest BCUT2D eigenvalue weighted by atomic mass is 35.5. The van der Waals surface area contributed by atoms with E-state index in [1.165, 1.54) is 24.6 Å². The highest BCUT2D eigenvalue weighted by Crippen LogP contribution is 2.32. The van der Waals surface area contributed by atoms with Crippen molar-refractivity contribution in [2.45, 2.75) is 38.1 Å². The van der Waals surface area contributed by atoms with Crippen LogP contribution in [0.5, 0.6) is 0 Å². The van der Waals surface area contributed by atoms with Crippen molar-refractivity contribution in [1.29, 1.82) is 0 Å². The molecule has 1 N–H and O–H groups in total. The maximum Gasteiger partial charge on any atom is 0.283 e. The van der Waals surface area contributed by atoms with E-state index in [9.17, 15) is 18.8 Å². The molecule has 0 atom stereocenters. The van der Waals surface area contributed by atoms with E-state index < -0.39 is 17.6 Å². The fraction of sp³-hybridized carbons (Fsp3) is 0.292. The molecule has 1 aliphatic carbocycles. The summed E-state index contributed by atoms with van der Waals surface area (Å²) in [6.07, 6.45) is 5.41. The molecule has 0 spiro atoms. The van der Waals surface area contributed by atoms with Crippen LogP contribution in [-0.4, -0.2) is 35.7 Å². The van der Waals surface area contributed by atoms with Gasteiger partial charge in [-0.25, -0.2) is 9.29 Å². The molecule has 2 aromatic rings. The zero-order chi connectivity index (χ0) is 22.8. The normalized spacial score (nSPS) is 17.2. The highest BCUT2D eigenvalue weighted by Gasteiger charge is 2.40. The topological polar surface area (TPSA) is 69.7 Å². The molecule has 0 saturated heterocycles. The number of rotatable bonds is 5. The largest absolute Gasteiger partial charge is 0.350 e. The number of nitrogens with zero attached hydrogens (tertiary/aromatic N) is 2. The van der Waals surface area contributed by atoms with Crippen molar-refractivity contribution in [3.8, 4) is 0 Å². The van der Waals surface area contributed by atoms with Gasteiger partial charge in [-0.15, -0.1) is 0 Å². The van der Waals surface area contributed by atoms with Crippen molar-refractivity contribution >= 4 is 40.7 Å². The number of hydrogen-bond donors (Lipinski definition) is 1. The van der Waals surface area contributed by atoms with Gasteiger partial charge in [0.05, 0.1) is 5.69 Å². The number of anilines is 2. The van der Waals surface area contributed by atoms with Crippen LogP contribution in [0.2, 0.25) is 0 Å². The van der Waals surface area contributed by atoms with E-state index in [1.54, 1.807) is 29.2 Å². The van der Waals surface area contributed by atoms with Crippen molar-refractivity contribution in [2.24, 2.45) is 0 Å². The van der Waals surface area contributed by atoms with Gasteiger partial charge in [-0.2, -0.15) is 0 Å². The highest BCUT2D eigenvalue weighted by molar-refractivity contribution is 6.53. The molecule has 1 fully saturated rings. The number of hydrogen-bond acceptors (Lipinski definition) is 4. The van der Waals surface area contributed by atoms with E-state index in [0.717, 1.165) is 31.7 Å². The minimum absolute atomic E-state index is 0.109. The van der Waals surface area contributed by atoms with E-state index in [0.29, 0.717) is 16.2 Å². The number of carbonyl (C=O) groups is 3. The van der Waals surface area contributed by atoms with E-state index in [4.69, 9.17) is 11.6 Å². The third kappa shape index (κ3) is 4.12. The standard InChI is InChI=1S/C24H23ClFN3O3/c1-28(17-10-3-2-4-11-17)22(30)15-8-7-9-16(14-15)27-21-20(25)23(31)29(24(21)32)19-13-6-5-12-18(19)26/h5-9,12-14,17,27H,2-4,10-11H2,1H3. The number of halogens is 2. The fourth-order valence-electron chi connectivity index (χ4n) is 4.18. The Bertz CT molecular complexity index is 1110.